The van der Waals surface area contributed by atoms with E-state index in [1.54, 1.807) is 6.07 Å². The minimum atomic E-state index is -0.336. The average molecular weight is 359 g/mol. The number of aromatic nitrogens is 3. The summed E-state index contributed by atoms with van der Waals surface area (Å²) in [5.74, 6) is 0.568. The minimum Gasteiger partial charge on any atom is -0.353 e. The van der Waals surface area contributed by atoms with Gasteiger partial charge in [-0.3, -0.25) is 9.48 Å². The van der Waals surface area contributed by atoms with Gasteiger partial charge in [-0.05, 0) is 25.0 Å². The van der Waals surface area contributed by atoms with Crippen molar-refractivity contribution >= 4 is 11.7 Å². The molecule has 1 fully saturated rings. The SMILES string of the molecule is CCc1nn(C)c(CC)c1CC(=O)N1CCN(c2ccc(F)cn2)CC1. The molecule has 0 saturated carbocycles. The standard InChI is InChI=1S/C19H26FN5O/c1-4-16-15(17(5-2)23(3)22-16)12-19(26)25-10-8-24(9-11-25)18-7-6-14(20)13-21-18/h6-7,13H,4-5,8-12H2,1-3H3. The Morgan fingerprint density at radius 1 is 1.15 bits per heavy atom. The van der Waals surface area contributed by atoms with E-state index in [1.165, 1.54) is 12.3 Å². The van der Waals surface area contributed by atoms with Crippen molar-refractivity contribution in [2.24, 2.45) is 7.05 Å². The highest BCUT2D eigenvalue weighted by Gasteiger charge is 2.24. The first kappa shape index (κ1) is 18.4. The molecule has 0 aromatic carbocycles. The van der Waals surface area contributed by atoms with Crippen molar-refractivity contribution in [1.82, 2.24) is 19.7 Å². The van der Waals surface area contributed by atoms with Gasteiger partial charge in [-0.2, -0.15) is 5.10 Å². The highest BCUT2D eigenvalue weighted by atomic mass is 19.1. The summed E-state index contributed by atoms with van der Waals surface area (Å²) in [5.41, 5.74) is 3.25. The van der Waals surface area contributed by atoms with Crippen LogP contribution >= 0.6 is 0 Å². The van der Waals surface area contributed by atoms with Crippen molar-refractivity contribution in [3.05, 3.63) is 41.1 Å². The second kappa shape index (κ2) is 7.85. The molecule has 0 atom stereocenters. The molecule has 1 aliphatic rings. The van der Waals surface area contributed by atoms with Crippen molar-refractivity contribution in [1.29, 1.82) is 0 Å². The summed E-state index contributed by atoms with van der Waals surface area (Å²) in [6.45, 7) is 6.89. The molecular formula is C19H26FN5O. The Morgan fingerprint density at radius 3 is 2.46 bits per heavy atom. The fourth-order valence-electron chi connectivity index (χ4n) is 3.60. The Balaban J connectivity index is 1.63. The van der Waals surface area contributed by atoms with Crippen molar-refractivity contribution < 1.29 is 9.18 Å². The maximum Gasteiger partial charge on any atom is 0.227 e. The molecule has 1 saturated heterocycles. The normalized spacial score (nSPS) is 14.8. The average Bonchev–Trinajstić information content (AvgIpc) is 2.97. The molecule has 0 unspecified atom stereocenters. The van der Waals surface area contributed by atoms with Gasteiger partial charge in [0.15, 0.2) is 0 Å². The highest BCUT2D eigenvalue weighted by Crippen LogP contribution is 2.19. The summed E-state index contributed by atoms with van der Waals surface area (Å²) in [6, 6.07) is 3.10. The molecule has 1 aliphatic heterocycles. The predicted octanol–water partition coefficient (Wildman–Crippen LogP) is 1.97. The van der Waals surface area contributed by atoms with Gasteiger partial charge in [0.25, 0.3) is 0 Å². The Bertz CT molecular complexity index is 763. The Labute approximate surface area is 153 Å². The molecule has 0 N–H and O–H groups in total. The summed E-state index contributed by atoms with van der Waals surface area (Å²) in [6.07, 6.45) is 3.35. The molecule has 0 radical (unpaired) electrons. The molecule has 0 aliphatic carbocycles. The van der Waals surface area contributed by atoms with Gasteiger partial charge in [-0.1, -0.05) is 13.8 Å². The Morgan fingerprint density at radius 2 is 1.88 bits per heavy atom. The molecule has 3 heterocycles. The van der Waals surface area contributed by atoms with Gasteiger partial charge in [0.1, 0.15) is 11.6 Å². The van der Waals surface area contributed by atoms with E-state index < -0.39 is 0 Å². The van der Waals surface area contributed by atoms with E-state index in [-0.39, 0.29) is 11.7 Å². The van der Waals surface area contributed by atoms with E-state index in [0.717, 1.165) is 35.6 Å². The second-order valence-corrected chi connectivity index (χ2v) is 6.58. The number of pyridine rings is 1. The summed E-state index contributed by atoms with van der Waals surface area (Å²) in [7, 11) is 1.94. The quantitative estimate of drug-likeness (QED) is 0.819. The minimum absolute atomic E-state index is 0.147. The van der Waals surface area contributed by atoms with E-state index in [4.69, 9.17) is 0 Å². The fourth-order valence-corrected chi connectivity index (χ4v) is 3.60. The molecule has 2 aromatic heterocycles. The van der Waals surface area contributed by atoms with E-state index in [9.17, 15) is 9.18 Å². The van der Waals surface area contributed by atoms with Crippen LogP contribution in [0.5, 0.6) is 0 Å². The van der Waals surface area contributed by atoms with Crippen LogP contribution in [0.3, 0.4) is 0 Å². The van der Waals surface area contributed by atoms with Gasteiger partial charge >= 0.3 is 0 Å². The maximum atomic E-state index is 13.0. The molecule has 0 spiro atoms. The number of carbonyl (C=O) groups excluding carboxylic acids is 1. The van der Waals surface area contributed by atoms with Gasteiger partial charge in [0, 0.05) is 44.5 Å². The lowest BCUT2D eigenvalue weighted by Gasteiger charge is -2.35. The first-order valence-corrected chi connectivity index (χ1v) is 9.21. The van der Waals surface area contributed by atoms with E-state index >= 15 is 0 Å². The number of aryl methyl sites for hydroxylation is 2. The zero-order valence-corrected chi connectivity index (χ0v) is 15.7. The van der Waals surface area contributed by atoms with Gasteiger partial charge in [0.2, 0.25) is 5.91 Å². The van der Waals surface area contributed by atoms with E-state index in [2.05, 4.69) is 28.8 Å². The number of nitrogens with zero attached hydrogens (tertiary/aromatic N) is 5. The molecular weight excluding hydrogens is 333 g/mol. The lowest BCUT2D eigenvalue weighted by atomic mass is 10.0. The lowest BCUT2D eigenvalue weighted by molar-refractivity contribution is -0.130. The predicted molar refractivity (Wildman–Crippen MR) is 98.7 cm³/mol. The Kier molecular flexibility index (Phi) is 5.54. The van der Waals surface area contributed by atoms with E-state index in [1.807, 2.05) is 16.6 Å². The molecule has 26 heavy (non-hydrogen) atoms. The van der Waals surface area contributed by atoms with Crippen LogP contribution in [-0.2, 0) is 31.1 Å². The second-order valence-electron chi connectivity index (χ2n) is 6.58. The molecule has 2 aromatic rings. The lowest BCUT2D eigenvalue weighted by Crippen LogP contribution is -2.49. The van der Waals surface area contributed by atoms with Crippen LogP contribution in [0.1, 0.15) is 30.8 Å². The topological polar surface area (TPSA) is 54.3 Å². The van der Waals surface area contributed by atoms with Crippen LogP contribution in [0, 0.1) is 5.82 Å². The third-order valence-electron chi connectivity index (χ3n) is 5.02. The first-order chi connectivity index (χ1) is 12.5. The summed E-state index contributed by atoms with van der Waals surface area (Å²) >= 11 is 0. The number of carbonyl (C=O) groups is 1. The number of piperazine rings is 1. The number of anilines is 1. The molecule has 140 valence electrons. The van der Waals surface area contributed by atoms with Crippen LogP contribution < -0.4 is 4.90 Å². The van der Waals surface area contributed by atoms with Crippen LogP contribution in [0.15, 0.2) is 18.3 Å². The summed E-state index contributed by atoms with van der Waals surface area (Å²) < 4.78 is 14.9. The van der Waals surface area contributed by atoms with Gasteiger partial charge in [-0.15, -0.1) is 0 Å². The van der Waals surface area contributed by atoms with Crippen molar-refractivity contribution in [2.45, 2.75) is 33.1 Å². The maximum absolute atomic E-state index is 13.0. The largest absolute Gasteiger partial charge is 0.353 e. The first-order valence-electron chi connectivity index (χ1n) is 9.21. The van der Waals surface area contributed by atoms with Crippen molar-refractivity contribution in [2.75, 3.05) is 31.1 Å². The van der Waals surface area contributed by atoms with Gasteiger partial charge < -0.3 is 9.80 Å². The van der Waals surface area contributed by atoms with Crippen molar-refractivity contribution in [3.63, 3.8) is 0 Å². The number of hydrogen-bond donors (Lipinski definition) is 0. The van der Waals surface area contributed by atoms with Crippen LogP contribution in [-0.4, -0.2) is 51.8 Å². The fraction of sp³-hybridized carbons (Fsp3) is 0.526. The van der Waals surface area contributed by atoms with Crippen molar-refractivity contribution in [3.8, 4) is 0 Å². The zero-order chi connectivity index (χ0) is 18.7. The Hall–Kier alpha value is -2.44. The smallest absolute Gasteiger partial charge is 0.227 e. The third kappa shape index (κ3) is 3.71. The number of amides is 1. The number of halogens is 1. The van der Waals surface area contributed by atoms with Gasteiger partial charge in [0.05, 0.1) is 18.3 Å². The zero-order valence-electron chi connectivity index (χ0n) is 15.7. The molecule has 7 heteroatoms. The molecule has 3 rings (SSSR count). The monoisotopic (exact) mass is 359 g/mol. The third-order valence-corrected chi connectivity index (χ3v) is 5.02. The molecule has 6 nitrogen and oxygen atoms in total. The molecule has 0 bridgehead atoms. The van der Waals surface area contributed by atoms with E-state index in [0.29, 0.717) is 32.6 Å². The highest BCUT2D eigenvalue weighted by molar-refractivity contribution is 5.79. The summed E-state index contributed by atoms with van der Waals surface area (Å²) in [5, 5.41) is 4.56. The summed E-state index contributed by atoms with van der Waals surface area (Å²) in [4.78, 5) is 20.9. The van der Waals surface area contributed by atoms with Crippen LogP contribution in [0.2, 0.25) is 0 Å². The van der Waals surface area contributed by atoms with Gasteiger partial charge in [-0.25, -0.2) is 9.37 Å². The molecule has 1 amide bonds. The number of rotatable bonds is 5. The number of hydrogen-bond acceptors (Lipinski definition) is 4. The van der Waals surface area contributed by atoms with Crippen LogP contribution in [0.25, 0.3) is 0 Å². The van der Waals surface area contributed by atoms with Crippen LogP contribution in [0.4, 0.5) is 10.2 Å².